The summed E-state index contributed by atoms with van der Waals surface area (Å²) in [6.07, 6.45) is 1.48. The van der Waals surface area contributed by atoms with Crippen molar-refractivity contribution in [2.75, 3.05) is 17.4 Å². The second-order valence-corrected chi connectivity index (χ2v) is 4.88. The van der Waals surface area contributed by atoms with Gasteiger partial charge in [0.25, 0.3) is 5.91 Å². The molecule has 0 N–H and O–H groups in total. The summed E-state index contributed by atoms with van der Waals surface area (Å²) in [6.45, 7) is 6.15. The lowest BCUT2D eigenvalue weighted by atomic mass is 10.0. The maximum absolute atomic E-state index is 12.3. The predicted molar refractivity (Wildman–Crippen MR) is 85.0 cm³/mol. The normalized spacial score (nSPS) is 10.3. The average molecular weight is 312 g/mol. The summed E-state index contributed by atoms with van der Waals surface area (Å²) in [5.41, 5.74) is 2.48. The molecular formula is C16H22ClNO3. The van der Waals surface area contributed by atoms with Gasteiger partial charge in [0.05, 0.1) is 12.3 Å². The number of rotatable bonds is 6. The first kappa shape index (κ1) is 17.5. The van der Waals surface area contributed by atoms with Gasteiger partial charge in [0.2, 0.25) is 0 Å². The molecule has 0 atom stereocenters. The minimum Gasteiger partial charge on any atom is -0.449 e. The molecule has 4 nitrogen and oxygen atoms in total. The third-order valence-corrected chi connectivity index (χ3v) is 3.39. The van der Waals surface area contributed by atoms with Gasteiger partial charge in [-0.25, -0.2) is 9.69 Å². The molecule has 0 spiro atoms. The maximum Gasteiger partial charge on any atom is 0.421 e. The average Bonchev–Trinajstić information content (AvgIpc) is 2.52. The Morgan fingerprint density at radius 1 is 1.14 bits per heavy atom. The Kier molecular flexibility index (Phi) is 7.23. The number of halogens is 1. The Balaban J connectivity index is 3.32. The molecule has 0 aliphatic heterocycles. The first-order valence-electron chi connectivity index (χ1n) is 7.27. The minimum absolute atomic E-state index is 0.261. The molecule has 0 aromatic heterocycles. The number of para-hydroxylation sites is 1. The molecule has 0 saturated heterocycles. The van der Waals surface area contributed by atoms with E-state index in [1.165, 1.54) is 0 Å². The number of nitrogens with zero attached hydrogens (tertiary/aromatic N) is 1. The Labute approximate surface area is 131 Å². The zero-order valence-electron chi connectivity index (χ0n) is 12.8. The number of anilines is 1. The Morgan fingerprint density at radius 2 is 1.71 bits per heavy atom. The van der Waals surface area contributed by atoms with E-state index in [9.17, 15) is 9.59 Å². The summed E-state index contributed by atoms with van der Waals surface area (Å²) >= 11 is 5.67. The monoisotopic (exact) mass is 311 g/mol. The van der Waals surface area contributed by atoms with E-state index in [-0.39, 0.29) is 12.5 Å². The summed E-state index contributed by atoms with van der Waals surface area (Å²) in [5, 5.41) is 0. The van der Waals surface area contributed by atoms with Gasteiger partial charge < -0.3 is 4.74 Å². The maximum atomic E-state index is 12.3. The zero-order chi connectivity index (χ0) is 15.8. The Morgan fingerprint density at radius 3 is 2.14 bits per heavy atom. The van der Waals surface area contributed by atoms with Crippen molar-refractivity contribution in [2.24, 2.45) is 0 Å². The van der Waals surface area contributed by atoms with E-state index in [2.05, 4.69) is 0 Å². The van der Waals surface area contributed by atoms with Crippen molar-refractivity contribution in [1.29, 1.82) is 0 Å². The van der Waals surface area contributed by atoms with Crippen LogP contribution >= 0.6 is 11.6 Å². The summed E-state index contributed by atoms with van der Waals surface area (Å²) in [6, 6.07) is 5.76. The molecule has 0 unspecified atom stereocenters. The molecule has 5 heteroatoms. The van der Waals surface area contributed by atoms with Crippen molar-refractivity contribution in [1.82, 2.24) is 0 Å². The van der Waals surface area contributed by atoms with E-state index >= 15 is 0 Å². The summed E-state index contributed by atoms with van der Waals surface area (Å²) < 4.78 is 5.14. The number of hydrogen-bond donors (Lipinski definition) is 0. The van der Waals surface area contributed by atoms with Crippen molar-refractivity contribution in [3.05, 3.63) is 29.3 Å². The molecule has 0 saturated carbocycles. The van der Waals surface area contributed by atoms with Crippen LogP contribution in [-0.2, 0) is 22.4 Å². The second-order valence-electron chi connectivity index (χ2n) is 4.61. The van der Waals surface area contributed by atoms with Gasteiger partial charge in [0, 0.05) is 0 Å². The van der Waals surface area contributed by atoms with E-state index in [1.54, 1.807) is 0 Å². The molecule has 0 aliphatic carbocycles. The predicted octanol–water partition coefficient (Wildman–Crippen LogP) is 3.93. The van der Waals surface area contributed by atoms with Crippen LogP contribution in [0, 0.1) is 0 Å². The van der Waals surface area contributed by atoms with E-state index < -0.39 is 12.0 Å². The van der Waals surface area contributed by atoms with Crippen LogP contribution in [0.2, 0.25) is 0 Å². The summed E-state index contributed by atoms with van der Waals surface area (Å²) in [4.78, 5) is 25.5. The van der Waals surface area contributed by atoms with Gasteiger partial charge in [-0.15, -0.1) is 11.6 Å². The van der Waals surface area contributed by atoms with Gasteiger partial charge in [-0.1, -0.05) is 39.0 Å². The summed E-state index contributed by atoms with van der Waals surface area (Å²) in [7, 11) is 0. The number of carbonyl (C=O) groups is 2. The van der Waals surface area contributed by atoms with Crippen molar-refractivity contribution < 1.29 is 14.3 Å². The molecule has 116 valence electrons. The van der Waals surface area contributed by atoms with Gasteiger partial charge in [-0.05, 0) is 30.4 Å². The first-order valence-corrected chi connectivity index (χ1v) is 7.80. The van der Waals surface area contributed by atoms with E-state index in [0.29, 0.717) is 12.1 Å². The van der Waals surface area contributed by atoms with Crippen LogP contribution in [0.3, 0.4) is 0 Å². The number of alkyl halides is 1. The Bertz CT molecular complexity index is 480. The largest absolute Gasteiger partial charge is 0.449 e. The number of carbonyl (C=O) groups excluding carboxylic acids is 2. The fourth-order valence-electron chi connectivity index (χ4n) is 2.13. The van der Waals surface area contributed by atoms with Crippen LogP contribution in [0.4, 0.5) is 10.5 Å². The highest BCUT2D eigenvalue weighted by Crippen LogP contribution is 2.28. The number of imide groups is 1. The number of ether oxygens (including phenoxy) is 1. The lowest BCUT2D eigenvalue weighted by Crippen LogP contribution is -2.39. The van der Waals surface area contributed by atoms with Crippen LogP contribution in [0.25, 0.3) is 0 Å². The fraction of sp³-hybridized carbons (Fsp3) is 0.500. The molecule has 2 amide bonds. The van der Waals surface area contributed by atoms with Crippen molar-refractivity contribution in [3.63, 3.8) is 0 Å². The minimum atomic E-state index is -0.655. The van der Waals surface area contributed by atoms with E-state index in [1.807, 2.05) is 39.0 Å². The lowest BCUT2D eigenvalue weighted by molar-refractivity contribution is -0.115. The molecule has 21 heavy (non-hydrogen) atoms. The van der Waals surface area contributed by atoms with Gasteiger partial charge in [-0.2, -0.15) is 0 Å². The van der Waals surface area contributed by atoms with E-state index in [0.717, 1.165) is 28.9 Å². The Hall–Kier alpha value is -1.55. The van der Waals surface area contributed by atoms with Gasteiger partial charge in [-0.3, -0.25) is 4.79 Å². The highest BCUT2D eigenvalue weighted by Gasteiger charge is 2.27. The van der Waals surface area contributed by atoms with Gasteiger partial charge >= 0.3 is 6.09 Å². The third-order valence-electron chi connectivity index (χ3n) is 3.16. The molecule has 1 aromatic carbocycles. The molecule has 0 heterocycles. The number of aryl methyl sites for hydroxylation is 2. The van der Waals surface area contributed by atoms with E-state index in [4.69, 9.17) is 16.3 Å². The quantitative estimate of drug-likeness (QED) is 0.748. The van der Waals surface area contributed by atoms with Crippen LogP contribution < -0.4 is 4.90 Å². The van der Waals surface area contributed by atoms with Crippen molar-refractivity contribution >= 4 is 29.3 Å². The molecule has 0 fully saturated rings. The van der Waals surface area contributed by atoms with Crippen molar-refractivity contribution in [3.8, 4) is 0 Å². The molecule has 0 bridgehead atoms. The smallest absolute Gasteiger partial charge is 0.421 e. The van der Waals surface area contributed by atoms with Crippen LogP contribution in [-0.4, -0.2) is 24.5 Å². The second kappa shape index (κ2) is 8.67. The molecule has 1 aromatic rings. The molecule has 1 rings (SSSR count). The summed E-state index contributed by atoms with van der Waals surface area (Å²) in [5.74, 6) is -0.726. The SMILES string of the molecule is CCCOC(=O)N(C(=O)CCl)c1c(CC)cccc1CC. The zero-order valence-corrected chi connectivity index (χ0v) is 13.6. The highest BCUT2D eigenvalue weighted by atomic mass is 35.5. The molecule has 0 aliphatic rings. The first-order chi connectivity index (χ1) is 10.1. The molecule has 0 radical (unpaired) electrons. The van der Waals surface area contributed by atoms with Gasteiger partial charge in [0.1, 0.15) is 5.88 Å². The highest BCUT2D eigenvalue weighted by molar-refractivity contribution is 6.32. The topological polar surface area (TPSA) is 46.6 Å². The van der Waals surface area contributed by atoms with Gasteiger partial charge in [0.15, 0.2) is 0 Å². The van der Waals surface area contributed by atoms with Crippen LogP contribution in [0.5, 0.6) is 0 Å². The lowest BCUT2D eigenvalue weighted by Gasteiger charge is -2.24. The molecular weight excluding hydrogens is 290 g/mol. The number of hydrogen-bond acceptors (Lipinski definition) is 3. The van der Waals surface area contributed by atoms with Crippen molar-refractivity contribution in [2.45, 2.75) is 40.0 Å². The third kappa shape index (κ3) is 4.21. The number of benzene rings is 1. The van der Waals surface area contributed by atoms with Crippen LogP contribution in [0.1, 0.15) is 38.3 Å². The number of amides is 2. The standard InChI is InChI=1S/C16H22ClNO3/c1-4-10-21-16(20)18(14(19)11-17)15-12(5-2)8-7-9-13(15)6-3/h7-9H,4-6,10-11H2,1-3H3. The fourth-order valence-corrected chi connectivity index (χ4v) is 2.25. The van der Waals surface area contributed by atoms with Crippen LogP contribution in [0.15, 0.2) is 18.2 Å².